The predicted octanol–water partition coefficient (Wildman–Crippen LogP) is 4.66. The van der Waals surface area contributed by atoms with Gasteiger partial charge in [0.15, 0.2) is 0 Å². The van der Waals surface area contributed by atoms with E-state index in [-0.39, 0.29) is 11.6 Å². The molecule has 1 heterocycles. The molecular weight excluding hydrogens is 285 g/mol. The van der Waals surface area contributed by atoms with Gasteiger partial charge in [0.25, 0.3) is 5.91 Å². The van der Waals surface area contributed by atoms with E-state index in [4.69, 9.17) is 11.6 Å². The highest BCUT2D eigenvalue weighted by molar-refractivity contribution is 7.14. The van der Waals surface area contributed by atoms with E-state index >= 15 is 0 Å². The summed E-state index contributed by atoms with van der Waals surface area (Å²) in [4.78, 5) is 13.8. The van der Waals surface area contributed by atoms with Crippen molar-refractivity contribution in [1.29, 1.82) is 0 Å². The lowest BCUT2D eigenvalue weighted by molar-refractivity contribution is 0.103. The maximum atomic E-state index is 13.5. The molecule has 0 aliphatic heterocycles. The van der Waals surface area contributed by atoms with E-state index in [0.29, 0.717) is 9.90 Å². The van der Waals surface area contributed by atoms with Crippen LogP contribution >= 0.6 is 22.9 Å². The largest absolute Gasteiger partial charge is 0.319 e. The smallest absolute Gasteiger partial charge is 0.265 e. The van der Waals surface area contributed by atoms with Crippen LogP contribution in [0.15, 0.2) is 24.3 Å². The zero-order valence-corrected chi connectivity index (χ0v) is 12.2. The lowest BCUT2D eigenvalue weighted by Crippen LogP contribution is -2.11. The fourth-order valence-corrected chi connectivity index (χ4v) is 2.94. The van der Waals surface area contributed by atoms with Gasteiger partial charge >= 0.3 is 0 Å². The second-order valence-electron chi connectivity index (χ2n) is 4.15. The summed E-state index contributed by atoms with van der Waals surface area (Å²) in [5.74, 6) is -0.810. The van der Waals surface area contributed by atoms with Crippen molar-refractivity contribution >= 4 is 34.5 Å². The molecule has 1 aromatic heterocycles. The monoisotopic (exact) mass is 297 g/mol. The molecule has 0 unspecified atom stereocenters. The number of amides is 1. The third kappa shape index (κ3) is 3.14. The van der Waals surface area contributed by atoms with E-state index in [1.165, 1.54) is 29.5 Å². The number of aryl methyl sites for hydroxylation is 2. The molecule has 0 saturated heterocycles. The molecule has 2 rings (SSSR count). The molecule has 0 saturated carbocycles. The third-order valence-electron chi connectivity index (χ3n) is 2.74. The SMILES string of the molecule is CCc1sc(C(=O)Nc2cc(Cl)ccc2F)cc1C. The Labute approximate surface area is 120 Å². The van der Waals surface area contributed by atoms with E-state index in [0.717, 1.165) is 16.9 Å². The summed E-state index contributed by atoms with van der Waals surface area (Å²) in [7, 11) is 0. The number of halogens is 2. The molecule has 0 bridgehead atoms. The fourth-order valence-electron chi connectivity index (χ4n) is 1.76. The van der Waals surface area contributed by atoms with Crippen LogP contribution in [0.1, 0.15) is 27.0 Å². The number of hydrogen-bond donors (Lipinski definition) is 1. The topological polar surface area (TPSA) is 29.1 Å². The molecule has 5 heteroatoms. The lowest BCUT2D eigenvalue weighted by atomic mass is 10.2. The van der Waals surface area contributed by atoms with Gasteiger partial charge in [-0.1, -0.05) is 18.5 Å². The van der Waals surface area contributed by atoms with Gasteiger partial charge in [-0.15, -0.1) is 11.3 Å². The lowest BCUT2D eigenvalue weighted by Gasteiger charge is -2.05. The maximum Gasteiger partial charge on any atom is 0.265 e. The molecular formula is C14H13ClFNOS. The van der Waals surface area contributed by atoms with Crippen LogP contribution < -0.4 is 5.32 Å². The van der Waals surface area contributed by atoms with E-state index in [2.05, 4.69) is 5.32 Å². The average Bonchev–Trinajstić information content (AvgIpc) is 2.75. The molecule has 1 N–H and O–H groups in total. The van der Waals surface area contributed by atoms with Crippen molar-refractivity contribution in [3.05, 3.63) is 50.4 Å². The van der Waals surface area contributed by atoms with E-state index in [9.17, 15) is 9.18 Å². The summed E-state index contributed by atoms with van der Waals surface area (Å²) < 4.78 is 13.5. The minimum Gasteiger partial charge on any atom is -0.319 e. The zero-order valence-electron chi connectivity index (χ0n) is 10.6. The first-order valence-corrected chi connectivity index (χ1v) is 7.06. The van der Waals surface area contributed by atoms with E-state index in [1.54, 1.807) is 0 Å². The van der Waals surface area contributed by atoms with E-state index in [1.807, 2.05) is 19.9 Å². The summed E-state index contributed by atoms with van der Waals surface area (Å²) >= 11 is 7.21. The molecule has 0 aliphatic rings. The first kappa shape index (κ1) is 14.0. The van der Waals surface area contributed by atoms with Gasteiger partial charge in [-0.25, -0.2) is 4.39 Å². The van der Waals surface area contributed by atoms with Crippen LogP contribution in [-0.2, 0) is 6.42 Å². The van der Waals surface area contributed by atoms with Gasteiger partial charge in [-0.2, -0.15) is 0 Å². The third-order valence-corrected chi connectivity index (χ3v) is 4.36. The van der Waals surface area contributed by atoms with Crippen LogP contribution in [0.4, 0.5) is 10.1 Å². The van der Waals surface area contributed by atoms with Crippen molar-refractivity contribution < 1.29 is 9.18 Å². The summed E-state index contributed by atoms with van der Waals surface area (Å²) in [5.41, 5.74) is 1.19. The Kier molecular flexibility index (Phi) is 4.22. The van der Waals surface area contributed by atoms with Gasteiger partial charge in [-0.05, 0) is 43.2 Å². The van der Waals surface area contributed by atoms with Crippen LogP contribution in [0.3, 0.4) is 0 Å². The number of nitrogens with one attached hydrogen (secondary N) is 1. The highest BCUT2D eigenvalue weighted by Crippen LogP contribution is 2.25. The molecule has 1 aromatic carbocycles. The quantitative estimate of drug-likeness (QED) is 0.877. The molecule has 0 atom stereocenters. The summed E-state index contributed by atoms with van der Waals surface area (Å²) in [6.45, 7) is 4.00. The second kappa shape index (κ2) is 5.72. The first-order chi connectivity index (χ1) is 9.01. The minimum absolute atomic E-state index is 0.0987. The number of thiophene rings is 1. The van der Waals surface area contributed by atoms with Crippen molar-refractivity contribution in [3.8, 4) is 0 Å². The van der Waals surface area contributed by atoms with Crippen LogP contribution in [0.25, 0.3) is 0 Å². The Morgan fingerprint density at radius 2 is 2.16 bits per heavy atom. The van der Waals surface area contributed by atoms with Crippen LogP contribution in [0.2, 0.25) is 5.02 Å². The van der Waals surface area contributed by atoms with Crippen molar-refractivity contribution in [2.45, 2.75) is 20.3 Å². The fraction of sp³-hybridized carbons (Fsp3) is 0.214. The summed E-state index contributed by atoms with van der Waals surface area (Å²) in [6, 6.07) is 5.89. The maximum absolute atomic E-state index is 13.5. The predicted molar refractivity (Wildman–Crippen MR) is 77.8 cm³/mol. The van der Waals surface area contributed by atoms with E-state index < -0.39 is 5.82 Å². The zero-order chi connectivity index (χ0) is 14.0. The van der Waals surface area contributed by atoms with Crippen LogP contribution in [0.5, 0.6) is 0 Å². The number of anilines is 1. The Morgan fingerprint density at radius 1 is 1.42 bits per heavy atom. The molecule has 0 spiro atoms. The van der Waals surface area contributed by atoms with Crippen molar-refractivity contribution in [3.63, 3.8) is 0 Å². The number of carbonyl (C=O) groups excluding carboxylic acids is 1. The highest BCUT2D eigenvalue weighted by atomic mass is 35.5. The van der Waals surface area contributed by atoms with Crippen molar-refractivity contribution in [2.24, 2.45) is 0 Å². The van der Waals surface area contributed by atoms with Crippen molar-refractivity contribution in [1.82, 2.24) is 0 Å². The minimum atomic E-state index is -0.498. The van der Waals surface area contributed by atoms with Gasteiger partial charge in [-0.3, -0.25) is 4.79 Å². The van der Waals surface area contributed by atoms with Crippen LogP contribution in [-0.4, -0.2) is 5.91 Å². The Hall–Kier alpha value is -1.39. The molecule has 19 heavy (non-hydrogen) atoms. The molecule has 1 amide bonds. The van der Waals surface area contributed by atoms with Gasteiger partial charge in [0, 0.05) is 9.90 Å². The number of rotatable bonds is 3. The number of hydrogen-bond acceptors (Lipinski definition) is 2. The van der Waals surface area contributed by atoms with Gasteiger partial charge in [0.1, 0.15) is 5.82 Å². The highest BCUT2D eigenvalue weighted by Gasteiger charge is 2.13. The van der Waals surface area contributed by atoms with Gasteiger partial charge < -0.3 is 5.32 Å². The Morgan fingerprint density at radius 3 is 2.79 bits per heavy atom. The summed E-state index contributed by atoms with van der Waals surface area (Å²) in [6.07, 6.45) is 0.884. The second-order valence-corrected chi connectivity index (χ2v) is 5.72. The molecule has 100 valence electrons. The molecule has 2 aromatic rings. The molecule has 0 aliphatic carbocycles. The standard InChI is InChI=1S/C14H13ClFNOS/c1-3-12-8(2)6-13(19-12)14(18)17-11-7-9(15)4-5-10(11)16/h4-7H,3H2,1-2H3,(H,17,18). The Bertz CT molecular complexity index is 624. The van der Waals surface area contributed by atoms with Gasteiger partial charge in [0.2, 0.25) is 0 Å². The molecule has 0 radical (unpaired) electrons. The molecule has 0 fully saturated rings. The average molecular weight is 298 g/mol. The van der Waals surface area contributed by atoms with Crippen molar-refractivity contribution in [2.75, 3.05) is 5.32 Å². The molecule has 2 nitrogen and oxygen atoms in total. The van der Waals surface area contributed by atoms with Crippen LogP contribution in [0, 0.1) is 12.7 Å². The Balaban J connectivity index is 2.22. The number of carbonyl (C=O) groups is 1. The van der Waals surface area contributed by atoms with Gasteiger partial charge in [0.05, 0.1) is 10.6 Å². The normalized spacial score (nSPS) is 10.5. The summed E-state index contributed by atoms with van der Waals surface area (Å²) in [5, 5.41) is 2.93. The first-order valence-electron chi connectivity index (χ1n) is 5.87. The number of benzene rings is 1.